The molecule has 1 atom stereocenters. The van der Waals surface area contributed by atoms with E-state index in [1.54, 1.807) is 0 Å². The molecule has 0 radical (unpaired) electrons. The molecule has 1 rings (SSSR count). The summed E-state index contributed by atoms with van der Waals surface area (Å²) in [5.74, 6) is 0.493. The molecule has 2 N–H and O–H groups in total. The normalized spacial score (nSPS) is 22.1. The second kappa shape index (κ2) is 6.42. The van der Waals surface area contributed by atoms with Gasteiger partial charge in [-0.1, -0.05) is 0 Å². The molecular formula is C9H20N2O3S. The summed E-state index contributed by atoms with van der Waals surface area (Å²) in [7, 11) is -3.14. The van der Waals surface area contributed by atoms with E-state index >= 15 is 0 Å². The predicted molar refractivity (Wildman–Crippen MR) is 59.3 cm³/mol. The molecule has 90 valence electrons. The minimum Gasteiger partial charge on any atom is -0.381 e. The van der Waals surface area contributed by atoms with Crippen LogP contribution < -0.4 is 10.0 Å². The second-order valence-electron chi connectivity index (χ2n) is 3.72. The van der Waals surface area contributed by atoms with E-state index in [1.165, 1.54) is 0 Å². The number of hydrogen-bond donors (Lipinski definition) is 2. The van der Waals surface area contributed by atoms with Gasteiger partial charge in [0.15, 0.2) is 0 Å². The van der Waals surface area contributed by atoms with Crippen LogP contribution in [0.1, 0.15) is 13.3 Å². The van der Waals surface area contributed by atoms with Crippen molar-refractivity contribution in [1.29, 1.82) is 0 Å². The van der Waals surface area contributed by atoms with Gasteiger partial charge in [-0.15, -0.1) is 0 Å². The van der Waals surface area contributed by atoms with E-state index in [-0.39, 0.29) is 12.4 Å². The quantitative estimate of drug-likeness (QED) is 0.588. The van der Waals surface area contributed by atoms with Crippen LogP contribution in [0.5, 0.6) is 0 Å². The number of nitrogens with one attached hydrogen (secondary N) is 2. The van der Waals surface area contributed by atoms with Crippen LogP contribution in [0.25, 0.3) is 0 Å². The van der Waals surface area contributed by atoms with E-state index in [1.807, 2.05) is 6.92 Å². The van der Waals surface area contributed by atoms with E-state index in [0.717, 1.165) is 19.5 Å². The van der Waals surface area contributed by atoms with Gasteiger partial charge in [0.1, 0.15) is 0 Å². The first-order chi connectivity index (χ1) is 7.14. The van der Waals surface area contributed by atoms with Gasteiger partial charge in [0, 0.05) is 13.2 Å². The number of ether oxygens (including phenoxy) is 1. The van der Waals surface area contributed by atoms with Crippen LogP contribution in [0.4, 0.5) is 0 Å². The third-order valence-corrected chi connectivity index (χ3v) is 3.77. The minimum atomic E-state index is -3.14. The van der Waals surface area contributed by atoms with Crippen LogP contribution in [0, 0.1) is 5.92 Å². The van der Waals surface area contributed by atoms with Crippen molar-refractivity contribution < 1.29 is 13.2 Å². The van der Waals surface area contributed by atoms with E-state index in [0.29, 0.717) is 19.1 Å². The van der Waals surface area contributed by atoms with E-state index in [4.69, 9.17) is 4.74 Å². The lowest BCUT2D eigenvalue weighted by Gasteiger charge is -2.10. The molecule has 1 aliphatic heterocycles. The maximum absolute atomic E-state index is 11.5. The van der Waals surface area contributed by atoms with Gasteiger partial charge < -0.3 is 10.1 Å². The molecular weight excluding hydrogens is 216 g/mol. The van der Waals surface area contributed by atoms with E-state index in [2.05, 4.69) is 10.0 Å². The summed E-state index contributed by atoms with van der Waals surface area (Å²) in [6.07, 6.45) is 1.05. The first-order valence-electron chi connectivity index (χ1n) is 5.40. The van der Waals surface area contributed by atoms with Crippen molar-refractivity contribution in [3.05, 3.63) is 0 Å². The molecule has 1 heterocycles. The van der Waals surface area contributed by atoms with Crippen molar-refractivity contribution in [3.63, 3.8) is 0 Å². The third kappa shape index (κ3) is 5.46. The molecule has 0 aliphatic carbocycles. The van der Waals surface area contributed by atoms with Gasteiger partial charge in [-0.25, -0.2) is 13.1 Å². The van der Waals surface area contributed by atoms with Crippen LogP contribution in [0.3, 0.4) is 0 Å². The van der Waals surface area contributed by atoms with Crippen molar-refractivity contribution in [2.24, 2.45) is 5.92 Å². The molecule has 1 saturated heterocycles. The molecule has 1 fully saturated rings. The first kappa shape index (κ1) is 12.9. The van der Waals surface area contributed by atoms with Crippen molar-refractivity contribution in [3.8, 4) is 0 Å². The van der Waals surface area contributed by atoms with Crippen molar-refractivity contribution >= 4 is 10.0 Å². The van der Waals surface area contributed by atoms with Crippen molar-refractivity contribution in [2.75, 3.05) is 38.6 Å². The molecule has 0 aromatic rings. The average molecular weight is 236 g/mol. The fourth-order valence-corrected chi connectivity index (χ4v) is 2.49. The molecule has 15 heavy (non-hydrogen) atoms. The number of rotatable bonds is 7. The van der Waals surface area contributed by atoms with Gasteiger partial charge in [0.05, 0.1) is 12.4 Å². The Bertz CT molecular complexity index is 261. The summed E-state index contributed by atoms with van der Waals surface area (Å²) in [5, 5.41) is 3.20. The van der Waals surface area contributed by atoms with Crippen LogP contribution in [0.2, 0.25) is 0 Å². The molecule has 6 heteroatoms. The predicted octanol–water partition coefficient (Wildman–Crippen LogP) is -0.448. The van der Waals surface area contributed by atoms with Crippen LogP contribution in [0.15, 0.2) is 0 Å². The molecule has 0 spiro atoms. The van der Waals surface area contributed by atoms with Gasteiger partial charge >= 0.3 is 0 Å². The zero-order valence-electron chi connectivity index (χ0n) is 9.16. The summed E-state index contributed by atoms with van der Waals surface area (Å²) < 4.78 is 30.5. The molecule has 0 saturated carbocycles. The van der Waals surface area contributed by atoms with Crippen molar-refractivity contribution in [2.45, 2.75) is 13.3 Å². The summed E-state index contributed by atoms with van der Waals surface area (Å²) in [5.41, 5.74) is 0. The monoisotopic (exact) mass is 236 g/mol. The highest BCUT2D eigenvalue weighted by molar-refractivity contribution is 7.89. The highest BCUT2D eigenvalue weighted by Crippen LogP contribution is 2.05. The smallest absolute Gasteiger partial charge is 0.213 e. The Morgan fingerprint density at radius 3 is 2.93 bits per heavy atom. The zero-order chi connectivity index (χ0) is 11.1. The Morgan fingerprint density at radius 1 is 1.53 bits per heavy atom. The molecule has 0 amide bonds. The maximum atomic E-state index is 11.5. The van der Waals surface area contributed by atoms with Gasteiger partial charge in [-0.05, 0) is 32.4 Å². The lowest BCUT2D eigenvalue weighted by atomic mass is 10.1. The van der Waals surface area contributed by atoms with Crippen LogP contribution in [-0.4, -0.2) is 47.0 Å². The van der Waals surface area contributed by atoms with E-state index < -0.39 is 10.0 Å². The molecule has 1 aliphatic rings. The Labute approximate surface area is 91.6 Å². The molecule has 1 unspecified atom stereocenters. The third-order valence-electron chi connectivity index (χ3n) is 2.45. The summed E-state index contributed by atoms with van der Waals surface area (Å²) in [6, 6.07) is 0. The standard InChI is InChI=1S/C9H20N2O3S/c1-2-14-5-6-15(12,13)11-8-9-3-4-10-7-9/h9-11H,2-8H2,1H3. The topological polar surface area (TPSA) is 67.4 Å². The summed E-state index contributed by atoms with van der Waals surface area (Å²) >= 11 is 0. The lowest BCUT2D eigenvalue weighted by molar-refractivity contribution is 0.163. The largest absolute Gasteiger partial charge is 0.381 e. The molecule has 0 aromatic carbocycles. The highest BCUT2D eigenvalue weighted by Gasteiger charge is 2.17. The zero-order valence-corrected chi connectivity index (χ0v) is 9.98. The van der Waals surface area contributed by atoms with Gasteiger partial charge in [0.25, 0.3) is 0 Å². The maximum Gasteiger partial charge on any atom is 0.213 e. The number of hydrogen-bond acceptors (Lipinski definition) is 4. The Hall–Kier alpha value is -0.170. The SMILES string of the molecule is CCOCCS(=O)(=O)NCC1CCNC1. The van der Waals surface area contributed by atoms with Crippen LogP contribution in [-0.2, 0) is 14.8 Å². The average Bonchev–Trinajstić information content (AvgIpc) is 2.68. The van der Waals surface area contributed by atoms with Crippen LogP contribution >= 0.6 is 0 Å². The minimum absolute atomic E-state index is 0.0565. The molecule has 0 aromatic heterocycles. The molecule has 0 bridgehead atoms. The fraction of sp³-hybridized carbons (Fsp3) is 1.00. The second-order valence-corrected chi connectivity index (χ2v) is 5.65. The van der Waals surface area contributed by atoms with Gasteiger partial charge in [-0.2, -0.15) is 0 Å². The Kier molecular flexibility index (Phi) is 5.52. The van der Waals surface area contributed by atoms with E-state index in [9.17, 15) is 8.42 Å². The molecule has 5 nitrogen and oxygen atoms in total. The summed E-state index contributed by atoms with van der Waals surface area (Å²) in [6.45, 7) is 5.13. The Morgan fingerprint density at radius 2 is 2.33 bits per heavy atom. The lowest BCUT2D eigenvalue weighted by Crippen LogP contribution is -2.33. The highest BCUT2D eigenvalue weighted by atomic mass is 32.2. The summed E-state index contributed by atoms with van der Waals surface area (Å²) in [4.78, 5) is 0. The Balaban J connectivity index is 2.17. The first-order valence-corrected chi connectivity index (χ1v) is 7.05. The number of sulfonamides is 1. The fourth-order valence-electron chi connectivity index (χ4n) is 1.52. The van der Waals surface area contributed by atoms with Crippen molar-refractivity contribution in [1.82, 2.24) is 10.0 Å². The van der Waals surface area contributed by atoms with Gasteiger partial charge in [-0.3, -0.25) is 0 Å². The van der Waals surface area contributed by atoms with Gasteiger partial charge in [0.2, 0.25) is 10.0 Å².